The summed E-state index contributed by atoms with van der Waals surface area (Å²) in [5.41, 5.74) is 0. The third kappa shape index (κ3) is 2.52. The smallest absolute Gasteiger partial charge is 0.261 e. The molecule has 2 aliphatic rings. The highest BCUT2D eigenvalue weighted by molar-refractivity contribution is 7.12. The van der Waals surface area contributed by atoms with Crippen LogP contribution in [0.2, 0.25) is 0 Å². The van der Waals surface area contributed by atoms with Gasteiger partial charge in [-0.1, -0.05) is 6.07 Å². The molecule has 3 atom stereocenters. The van der Waals surface area contributed by atoms with Crippen LogP contribution in [-0.4, -0.2) is 59.0 Å². The van der Waals surface area contributed by atoms with E-state index in [1.54, 1.807) is 12.1 Å². The number of amides is 3. The molecule has 1 aromatic heterocycles. The van der Waals surface area contributed by atoms with E-state index >= 15 is 0 Å². The number of carbonyl (C=O) groups is 3. The van der Waals surface area contributed by atoms with Gasteiger partial charge in [0.15, 0.2) is 0 Å². The monoisotopic (exact) mass is 309 g/mol. The molecule has 3 N–H and O–H groups in total. The summed E-state index contributed by atoms with van der Waals surface area (Å²) >= 11 is 1.34. The fourth-order valence-electron chi connectivity index (χ4n) is 2.75. The van der Waals surface area contributed by atoms with Gasteiger partial charge in [0.25, 0.3) is 5.91 Å². The molecule has 8 heteroatoms. The van der Waals surface area contributed by atoms with E-state index in [1.165, 1.54) is 16.2 Å². The Hall–Kier alpha value is -1.93. The van der Waals surface area contributed by atoms with Gasteiger partial charge < -0.3 is 20.6 Å². The quantitative estimate of drug-likeness (QED) is 0.663. The van der Waals surface area contributed by atoms with Crippen molar-refractivity contribution in [2.24, 2.45) is 0 Å². The van der Waals surface area contributed by atoms with Crippen molar-refractivity contribution in [2.45, 2.75) is 24.5 Å². The van der Waals surface area contributed by atoms with E-state index in [9.17, 15) is 14.4 Å². The zero-order valence-electron chi connectivity index (χ0n) is 11.1. The molecule has 0 radical (unpaired) electrons. The standard InChI is InChI=1S/C13H15N3O4S/c17-6-8-13(20)16-5-7(4-9(16)11(18)15-8)14-12(19)10-2-1-3-21-10/h1-3,7-9,17H,4-6H2,(H,14,19)(H,15,18)/t7-,8+,9-/m0/s1. The molecule has 2 fully saturated rings. The Bertz CT molecular complexity index is 574. The summed E-state index contributed by atoms with van der Waals surface area (Å²) < 4.78 is 0. The molecule has 2 saturated heterocycles. The van der Waals surface area contributed by atoms with Gasteiger partial charge in [-0.2, -0.15) is 0 Å². The van der Waals surface area contributed by atoms with Crippen molar-refractivity contribution < 1.29 is 19.5 Å². The van der Waals surface area contributed by atoms with Crippen LogP contribution in [0, 0.1) is 0 Å². The molecule has 3 heterocycles. The van der Waals surface area contributed by atoms with Crippen molar-refractivity contribution in [1.29, 1.82) is 0 Å². The first-order valence-corrected chi connectivity index (χ1v) is 7.54. The van der Waals surface area contributed by atoms with Gasteiger partial charge in [0.05, 0.1) is 11.5 Å². The van der Waals surface area contributed by atoms with E-state index in [0.29, 0.717) is 17.8 Å². The number of thiophene rings is 1. The van der Waals surface area contributed by atoms with Crippen LogP contribution in [0.3, 0.4) is 0 Å². The molecule has 1 aromatic rings. The average Bonchev–Trinajstić information content (AvgIpc) is 3.11. The molecule has 2 aliphatic heterocycles. The van der Waals surface area contributed by atoms with Crippen LogP contribution in [0.4, 0.5) is 0 Å². The van der Waals surface area contributed by atoms with E-state index < -0.39 is 18.7 Å². The lowest BCUT2D eigenvalue weighted by Gasteiger charge is -2.33. The van der Waals surface area contributed by atoms with Gasteiger partial charge in [-0.25, -0.2) is 0 Å². The molecule has 3 amide bonds. The van der Waals surface area contributed by atoms with Crippen molar-refractivity contribution in [1.82, 2.24) is 15.5 Å². The second-order valence-corrected chi connectivity index (χ2v) is 6.08. The van der Waals surface area contributed by atoms with Gasteiger partial charge in [0.2, 0.25) is 11.8 Å². The number of aliphatic hydroxyl groups excluding tert-OH is 1. The van der Waals surface area contributed by atoms with Crippen molar-refractivity contribution in [3.8, 4) is 0 Å². The maximum Gasteiger partial charge on any atom is 0.261 e. The van der Waals surface area contributed by atoms with Crippen molar-refractivity contribution in [3.05, 3.63) is 22.4 Å². The lowest BCUT2D eigenvalue weighted by atomic mass is 10.1. The second-order valence-electron chi connectivity index (χ2n) is 5.13. The predicted molar refractivity (Wildman–Crippen MR) is 74.7 cm³/mol. The van der Waals surface area contributed by atoms with Gasteiger partial charge >= 0.3 is 0 Å². The van der Waals surface area contributed by atoms with Crippen LogP contribution in [0.5, 0.6) is 0 Å². The first-order chi connectivity index (χ1) is 10.1. The van der Waals surface area contributed by atoms with E-state index in [1.807, 2.05) is 5.38 Å². The molecule has 0 bridgehead atoms. The molecule has 0 saturated carbocycles. The lowest BCUT2D eigenvalue weighted by molar-refractivity contribution is -0.148. The maximum atomic E-state index is 12.1. The van der Waals surface area contributed by atoms with Crippen LogP contribution >= 0.6 is 11.3 Å². The zero-order chi connectivity index (χ0) is 15.0. The predicted octanol–water partition coefficient (Wildman–Crippen LogP) is -1.06. The summed E-state index contributed by atoms with van der Waals surface area (Å²) in [4.78, 5) is 38.1. The summed E-state index contributed by atoms with van der Waals surface area (Å²) in [5.74, 6) is -0.766. The number of piperazine rings is 1. The Morgan fingerprint density at radius 1 is 1.52 bits per heavy atom. The number of nitrogens with zero attached hydrogens (tertiary/aromatic N) is 1. The Labute approximate surface area is 124 Å². The number of nitrogens with one attached hydrogen (secondary N) is 2. The topological polar surface area (TPSA) is 98.7 Å². The van der Waals surface area contributed by atoms with E-state index in [4.69, 9.17) is 5.11 Å². The summed E-state index contributed by atoms with van der Waals surface area (Å²) in [5, 5.41) is 16.3. The van der Waals surface area contributed by atoms with Crippen LogP contribution in [0.1, 0.15) is 16.1 Å². The first-order valence-electron chi connectivity index (χ1n) is 6.66. The Balaban J connectivity index is 1.68. The number of carbonyl (C=O) groups excluding carboxylic acids is 3. The van der Waals surface area contributed by atoms with Crippen LogP contribution in [-0.2, 0) is 9.59 Å². The highest BCUT2D eigenvalue weighted by Gasteiger charge is 2.46. The summed E-state index contributed by atoms with van der Waals surface area (Å²) in [7, 11) is 0. The highest BCUT2D eigenvalue weighted by atomic mass is 32.1. The Morgan fingerprint density at radius 3 is 3.00 bits per heavy atom. The van der Waals surface area contributed by atoms with Crippen LogP contribution < -0.4 is 10.6 Å². The van der Waals surface area contributed by atoms with E-state index in [0.717, 1.165) is 0 Å². The maximum absolute atomic E-state index is 12.1. The molecule has 7 nitrogen and oxygen atoms in total. The second kappa shape index (κ2) is 5.45. The molecule has 0 aliphatic carbocycles. The van der Waals surface area contributed by atoms with E-state index in [2.05, 4.69) is 10.6 Å². The Morgan fingerprint density at radius 2 is 2.33 bits per heavy atom. The zero-order valence-corrected chi connectivity index (χ0v) is 11.9. The molecule has 21 heavy (non-hydrogen) atoms. The molecule has 0 spiro atoms. The van der Waals surface area contributed by atoms with Crippen molar-refractivity contribution >= 4 is 29.1 Å². The average molecular weight is 309 g/mol. The van der Waals surface area contributed by atoms with Crippen molar-refractivity contribution in [2.75, 3.05) is 13.2 Å². The van der Waals surface area contributed by atoms with Gasteiger partial charge in [-0.3, -0.25) is 14.4 Å². The van der Waals surface area contributed by atoms with Crippen molar-refractivity contribution in [3.63, 3.8) is 0 Å². The largest absolute Gasteiger partial charge is 0.394 e. The molecule has 0 aromatic carbocycles. The van der Waals surface area contributed by atoms with E-state index in [-0.39, 0.29) is 23.8 Å². The molecular weight excluding hydrogens is 294 g/mol. The summed E-state index contributed by atoms with van der Waals surface area (Å²) in [6.07, 6.45) is 0.396. The highest BCUT2D eigenvalue weighted by Crippen LogP contribution is 2.23. The third-order valence-corrected chi connectivity index (χ3v) is 4.63. The lowest BCUT2D eigenvalue weighted by Crippen LogP contribution is -2.62. The normalized spacial score (nSPS) is 28.2. The molecule has 0 unspecified atom stereocenters. The minimum Gasteiger partial charge on any atom is -0.394 e. The minimum absolute atomic E-state index is 0.193. The van der Waals surface area contributed by atoms with Gasteiger partial charge in [-0.15, -0.1) is 11.3 Å². The van der Waals surface area contributed by atoms with Gasteiger partial charge in [0.1, 0.15) is 12.1 Å². The third-order valence-electron chi connectivity index (χ3n) is 3.76. The van der Waals surface area contributed by atoms with Gasteiger partial charge in [-0.05, 0) is 17.9 Å². The fraction of sp³-hybridized carbons (Fsp3) is 0.462. The number of hydrogen-bond acceptors (Lipinski definition) is 5. The fourth-order valence-corrected chi connectivity index (χ4v) is 3.38. The summed E-state index contributed by atoms with van der Waals surface area (Å²) in [6, 6.07) is 1.83. The number of aliphatic hydroxyl groups is 1. The Kier molecular flexibility index (Phi) is 3.64. The van der Waals surface area contributed by atoms with Crippen LogP contribution in [0.25, 0.3) is 0 Å². The first kappa shape index (κ1) is 14.0. The molecule has 112 valence electrons. The SMILES string of the molecule is O=C(N[C@H]1C[C@H]2C(=O)N[C@H](CO)C(=O)N2C1)c1cccs1. The number of fused-ring (bicyclic) bond motifs is 1. The summed E-state index contributed by atoms with van der Waals surface area (Å²) in [6.45, 7) is -0.120. The van der Waals surface area contributed by atoms with Gasteiger partial charge in [0, 0.05) is 12.6 Å². The molecule has 3 rings (SSSR count). The molecular formula is C13H15N3O4S. The number of rotatable bonds is 3. The number of hydrogen-bond donors (Lipinski definition) is 3. The minimum atomic E-state index is -0.875. The van der Waals surface area contributed by atoms with Crippen LogP contribution in [0.15, 0.2) is 17.5 Å².